The monoisotopic (exact) mass is 250 g/mol. The van der Waals surface area contributed by atoms with E-state index in [4.69, 9.17) is 4.74 Å². The van der Waals surface area contributed by atoms with Gasteiger partial charge in [0.1, 0.15) is 5.60 Å². The summed E-state index contributed by atoms with van der Waals surface area (Å²) in [6.07, 6.45) is -0.412. The van der Waals surface area contributed by atoms with Crippen LogP contribution < -0.4 is 5.32 Å². The van der Waals surface area contributed by atoms with Crippen LogP contribution in [0, 0.1) is 0 Å². The molecule has 0 fully saturated rings. The molecule has 1 aromatic rings. The molecule has 0 aliphatic heterocycles. The van der Waals surface area contributed by atoms with E-state index in [1.807, 2.05) is 26.2 Å². The zero-order valence-corrected chi connectivity index (χ0v) is 10.6. The first-order valence-electron chi connectivity index (χ1n) is 4.31. The van der Waals surface area contributed by atoms with Gasteiger partial charge in [-0.25, -0.2) is 9.78 Å². The molecule has 15 heavy (non-hydrogen) atoms. The molecular formula is C9H15ClN2O2S. The lowest BCUT2D eigenvalue weighted by Crippen LogP contribution is -2.32. The molecule has 0 bridgehead atoms. The fraction of sp³-hybridized carbons (Fsp3) is 0.556. The van der Waals surface area contributed by atoms with E-state index in [1.54, 1.807) is 5.51 Å². The summed E-state index contributed by atoms with van der Waals surface area (Å²) in [5, 5.41) is 4.51. The molecular weight excluding hydrogens is 236 g/mol. The van der Waals surface area contributed by atoms with E-state index in [1.165, 1.54) is 11.3 Å². The van der Waals surface area contributed by atoms with Gasteiger partial charge < -0.3 is 10.1 Å². The van der Waals surface area contributed by atoms with Crippen molar-refractivity contribution in [1.82, 2.24) is 10.3 Å². The minimum Gasteiger partial charge on any atom is -0.444 e. The van der Waals surface area contributed by atoms with Crippen molar-refractivity contribution in [2.45, 2.75) is 32.9 Å². The summed E-state index contributed by atoms with van der Waals surface area (Å²) in [5.41, 5.74) is 2.12. The van der Waals surface area contributed by atoms with Crippen molar-refractivity contribution in [3.63, 3.8) is 0 Å². The van der Waals surface area contributed by atoms with Crippen molar-refractivity contribution in [3.05, 3.63) is 16.6 Å². The number of nitrogens with one attached hydrogen (secondary N) is 1. The van der Waals surface area contributed by atoms with Crippen molar-refractivity contribution in [2.75, 3.05) is 0 Å². The fourth-order valence-corrected chi connectivity index (χ4v) is 1.36. The van der Waals surface area contributed by atoms with E-state index in [0.717, 1.165) is 5.69 Å². The molecule has 86 valence electrons. The number of carbonyl (C=O) groups excluding carboxylic acids is 1. The summed E-state index contributed by atoms with van der Waals surface area (Å²) >= 11 is 1.50. The normalized spacial score (nSPS) is 10.3. The first-order valence-corrected chi connectivity index (χ1v) is 5.25. The molecule has 0 unspecified atom stereocenters. The number of carbonyl (C=O) groups is 1. The van der Waals surface area contributed by atoms with Gasteiger partial charge in [0.05, 0.1) is 17.7 Å². The topological polar surface area (TPSA) is 51.2 Å². The van der Waals surface area contributed by atoms with Crippen LogP contribution in [-0.2, 0) is 11.3 Å². The second-order valence-electron chi connectivity index (χ2n) is 3.84. The van der Waals surface area contributed by atoms with E-state index in [2.05, 4.69) is 10.3 Å². The lowest BCUT2D eigenvalue weighted by molar-refractivity contribution is 0.0523. The molecule has 0 saturated heterocycles. The minimum atomic E-state index is -0.452. The number of alkyl carbamates (subject to hydrolysis) is 1. The average molecular weight is 251 g/mol. The number of thiazole rings is 1. The molecule has 1 rings (SSSR count). The second-order valence-corrected chi connectivity index (χ2v) is 4.55. The van der Waals surface area contributed by atoms with Crippen molar-refractivity contribution < 1.29 is 9.53 Å². The lowest BCUT2D eigenvalue weighted by Gasteiger charge is -2.19. The van der Waals surface area contributed by atoms with Gasteiger partial charge in [-0.05, 0) is 20.8 Å². The Kier molecular flexibility index (Phi) is 5.60. The van der Waals surface area contributed by atoms with Crippen molar-refractivity contribution in [3.8, 4) is 0 Å². The van der Waals surface area contributed by atoms with Crippen molar-refractivity contribution in [2.24, 2.45) is 0 Å². The van der Waals surface area contributed by atoms with Crippen LogP contribution >= 0.6 is 23.7 Å². The highest BCUT2D eigenvalue weighted by molar-refractivity contribution is 7.07. The number of hydrogen-bond donors (Lipinski definition) is 1. The van der Waals surface area contributed by atoms with Crippen LogP contribution in [0.15, 0.2) is 10.9 Å². The summed E-state index contributed by atoms with van der Waals surface area (Å²) < 4.78 is 5.06. The minimum absolute atomic E-state index is 0. The molecule has 0 aliphatic rings. The number of ether oxygens (including phenoxy) is 1. The predicted molar refractivity (Wildman–Crippen MR) is 62.4 cm³/mol. The Bertz CT molecular complexity index is 296. The Morgan fingerprint density at radius 2 is 2.27 bits per heavy atom. The van der Waals surface area contributed by atoms with Gasteiger partial charge in [0.2, 0.25) is 0 Å². The van der Waals surface area contributed by atoms with Gasteiger partial charge in [-0.1, -0.05) is 0 Å². The third-order valence-electron chi connectivity index (χ3n) is 1.30. The van der Waals surface area contributed by atoms with Crippen LogP contribution in [-0.4, -0.2) is 16.7 Å². The quantitative estimate of drug-likeness (QED) is 0.878. The van der Waals surface area contributed by atoms with E-state index in [-0.39, 0.29) is 12.4 Å². The van der Waals surface area contributed by atoms with E-state index in [9.17, 15) is 4.79 Å². The summed E-state index contributed by atoms with van der Waals surface area (Å²) in [5.74, 6) is 0. The summed E-state index contributed by atoms with van der Waals surface area (Å²) in [6.45, 7) is 5.90. The molecule has 1 heterocycles. The summed E-state index contributed by atoms with van der Waals surface area (Å²) in [7, 11) is 0. The van der Waals surface area contributed by atoms with Crippen molar-refractivity contribution >= 4 is 29.8 Å². The highest BCUT2D eigenvalue weighted by Crippen LogP contribution is 2.07. The molecule has 1 aromatic heterocycles. The van der Waals surface area contributed by atoms with Gasteiger partial charge >= 0.3 is 6.09 Å². The highest BCUT2D eigenvalue weighted by atomic mass is 35.5. The van der Waals surface area contributed by atoms with Gasteiger partial charge in [-0.2, -0.15) is 0 Å². The molecule has 0 radical (unpaired) electrons. The van der Waals surface area contributed by atoms with Crippen LogP contribution in [0.2, 0.25) is 0 Å². The molecule has 0 aromatic carbocycles. The van der Waals surface area contributed by atoms with Crippen LogP contribution in [0.25, 0.3) is 0 Å². The van der Waals surface area contributed by atoms with Gasteiger partial charge in [0.15, 0.2) is 0 Å². The molecule has 1 amide bonds. The molecule has 0 atom stereocenters. The number of hydrogen-bond acceptors (Lipinski definition) is 4. The third kappa shape index (κ3) is 6.30. The Morgan fingerprint density at radius 3 is 2.73 bits per heavy atom. The van der Waals surface area contributed by atoms with Gasteiger partial charge in [-0.3, -0.25) is 0 Å². The number of rotatable bonds is 2. The first-order chi connectivity index (χ1) is 6.47. The molecule has 0 saturated carbocycles. The number of amides is 1. The van der Waals surface area contributed by atoms with Crippen molar-refractivity contribution in [1.29, 1.82) is 0 Å². The maximum Gasteiger partial charge on any atom is 0.407 e. The average Bonchev–Trinajstić information content (AvgIpc) is 2.49. The molecule has 4 nitrogen and oxygen atoms in total. The molecule has 6 heteroatoms. The molecule has 1 N–H and O–H groups in total. The summed E-state index contributed by atoms with van der Waals surface area (Å²) in [6, 6.07) is 0. The summed E-state index contributed by atoms with van der Waals surface area (Å²) in [4.78, 5) is 15.2. The van der Waals surface area contributed by atoms with E-state index >= 15 is 0 Å². The Hall–Kier alpha value is -0.810. The Balaban J connectivity index is 0.00000196. The largest absolute Gasteiger partial charge is 0.444 e. The fourth-order valence-electron chi connectivity index (χ4n) is 0.802. The van der Waals surface area contributed by atoms with Gasteiger partial charge in [-0.15, -0.1) is 23.7 Å². The van der Waals surface area contributed by atoms with Crippen LogP contribution in [0.3, 0.4) is 0 Å². The zero-order valence-electron chi connectivity index (χ0n) is 8.94. The van der Waals surface area contributed by atoms with Crippen LogP contribution in [0.1, 0.15) is 26.5 Å². The highest BCUT2D eigenvalue weighted by Gasteiger charge is 2.15. The van der Waals surface area contributed by atoms with Crippen LogP contribution in [0.4, 0.5) is 4.79 Å². The van der Waals surface area contributed by atoms with E-state index < -0.39 is 11.7 Å². The molecule has 0 aliphatic carbocycles. The molecule has 0 spiro atoms. The Morgan fingerprint density at radius 1 is 1.60 bits per heavy atom. The smallest absolute Gasteiger partial charge is 0.407 e. The van der Waals surface area contributed by atoms with Gasteiger partial charge in [0.25, 0.3) is 0 Å². The number of aromatic nitrogens is 1. The standard InChI is InChI=1S/C9H14N2O2S.ClH/c1-9(2,3)13-8(12)10-4-7-5-14-6-11-7;/h5-6H,4H2,1-3H3,(H,10,12);1H. The zero-order chi connectivity index (χ0) is 10.6. The maximum absolute atomic E-state index is 11.2. The predicted octanol–water partition coefficient (Wildman–Crippen LogP) is 2.59. The van der Waals surface area contributed by atoms with Gasteiger partial charge in [0, 0.05) is 5.38 Å². The first kappa shape index (κ1) is 14.2. The third-order valence-corrected chi connectivity index (χ3v) is 1.93. The number of halogens is 1. The lowest BCUT2D eigenvalue weighted by atomic mass is 10.2. The maximum atomic E-state index is 11.2. The Labute approximate surface area is 99.5 Å². The second kappa shape index (κ2) is 5.92. The number of nitrogens with zero attached hydrogens (tertiary/aromatic N) is 1. The van der Waals surface area contributed by atoms with E-state index in [0.29, 0.717) is 6.54 Å². The van der Waals surface area contributed by atoms with Crippen LogP contribution in [0.5, 0.6) is 0 Å². The SMILES string of the molecule is CC(C)(C)OC(=O)NCc1cscn1.Cl.